The van der Waals surface area contributed by atoms with Gasteiger partial charge >= 0.3 is 39.5 Å². The minimum atomic E-state index is -4.99. The normalized spacial score (nSPS) is 14.7. The summed E-state index contributed by atoms with van der Waals surface area (Å²) in [6, 6.07) is 0. The number of phosphoric acid groups is 2. The molecule has 19 heteroatoms. The molecule has 5 unspecified atom stereocenters. The van der Waals surface area contributed by atoms with Gasteiger partial charge in [-0.3, -0.25) is 37.3 Å². The van der Waals surface area contributed by atoms with Crippen molar-refractivity contribution in [3.63, 3.8) is 0 Å². The average Bonchev–Trinajstić information content (AvgIpc) is 0.935. The van der Waals surface area contributed by atoms with Crippen molar-refractivity contribution in [2.24, 2.45) is 0 Å². The standard InChI is InChI=1S/C81H136O17P2/c1-5-9-13-17-21-25-29-33-35-36-37-38-40-44-46-50-54-58-62-66-79(84)92-72-77(98-81(86)68-64-60-56-52-48-42-32-28-24-20-16-12-8-4)74-96-100(89,90)94-70-75(82)69-93-99(87,88)95-73-76(97-80(85)67-63-59-55-51-47-41-31-27-23-19-15-11-7-3)71-91-78(83)65-61-57-53-49-45-43-39-34-30-26-22-18-14-10-6-2/h9-10,13-16,19-22,25-28,31-35,37-39,75-77,82H,5-8,11-12,17-18,23-24,29-30,36,40-74H2,1-4H3,(H,87,88)(H,89,90)/b13-9-,14-10-,19-15-,20-16-,25-21-,26-22-,31-27-,32-28-,35-33-,38-37-,39-34-. The van der Waals surface area contributed by atoms with Gasteiger partial charge in [-0.25, -0.2) is 9.13 Å². The molecular weight excluding hydrogens is 1310 g/mol. The van der Waals surface area contributed by atoms with Crippen LogP contribution in [0.15, 0.2) is 134 Å². The lowest BCUT2D eigenvalue weighted by atomic mass is 10.1. The van der Waals surface area contributed by atoms with Crippen molar-refractivity contribution in [2.45, 2.75) is 316 Å². The molecule has 3 N–H and O–H groups in total. The van der Waals surface area contributed by atoms with Gasteiger partial charge in [0.1, 0.15) is 19.3 Å². The predicted octanol–water partition coefficient (Wildman–Crippen LogP) is 22.1. The number of carbonyl (C=O) groups excluding carboxylic acids is 4. The number of carbonyl (C=O) groups is 4. The van der Waals surface area contributed by atoms with Gasteiger partial charge in [-0.1, -0.05) is 258 Å². The number of allylic oxidation sites excluding steroid dienone is 22. The summed E-state index contributed by atoms with van der Waals surface area (Å²) < 4.78 is 68.4. The Bertz CT molecular complexity index is 2420. The quantitative estimate of drug-likeness (QED) is 0.0169. The number of rotatable bonds is 71. The maximum Gasteiger partial charge on any atom is 0.472 e. The SMILES string of the molecule is CC/C=C\C/C=C\C/C=C\C/C=C\CCCCCCCCC(=O)OCC(COP(=O)(O)OCC(O)COP(=O)(O)OCC(COC(=O)CCCCCCC/C=C\C/C=C\C/C=C\CC)OC(=O)CCCCCCC/C=C\C/C=C\CCC)OC(=O)CCCCCCC/C=C\C/C=C\CCC. The second-order valence-corrected chi connectivity index (χ2v) is 28.1. The zero-order valence-electron chi connectivity index (χ0n) is 62.3. The van der Waals surface area contributed by atoms with E-state index in [0.29, 0.717) is 25.7 Å². The first-order chi connectivity index (χ1) is 48.7. The van der Waals surface area contributed by atoms with E-state index in [9.17, 15) is 43.2 Å². The fourth-order valence-electron chi connectivity index (χ4n) is 9.77. The van der Waals surface area contributed by atoms with Crippen molar-refractivity contribution in [1.29, 1.82) is 0 Å². The highest BCUT2D eigenvalue weighted by Gasteiger charge is 2.30. The summed E-state index contributed by atoms with van der Waals surface area (Å²) in [5.41, 5.74) is 0. The third-order valence-electron chi connectivity index (χ3n) is 15.5. The minimum absolute atomic E-state index is 0.0716. The van der Waals surface area contributed by atoms with E-state index in [4.69, 9.17) is 37.0 Å². The maximum atomic E-state index is 13.1. The second-order valence-electron chi connectivity index (χ2n) is 25.2. The van der Waals surface area contributed by atoms with Crippen LogP contribution in [-0.2, 0) is 65.4 Å². The molecule has 0 aliphatic heterocycles. The Morgan fingerprint density at radius 2 is 0.520 bits per heavy atom. The van der Waals surface area contributed by atoms with E-state index in [-0.39, 0.29) is 25.7 Å². The smallest absolute Gasteiger partial charge is 0.462 e. The van der Waals surface area contributed by atoms with Gasteiger partial charge in [0, 0.05) is 25.7 Å². The summed E-state index contributed by atoms with van der Waals surface area (Å²) in [5.74, 6) is -2.24. The van der Waals surface area contributed by atoms with Gasteiger partial charge in [0.25, 0.3) is 0 Å². The molecule has 0 rings (SSSR count). The molecule has 5 atom stereocenters. The largest absolute Gasteiger partial charge is 0.472 e. The molecule has 0 fully saturated rings. The summed E-state index contributed by atoms with van der Waals surface area (Å²) in [6.45, 7) is 4.45. The molecule has 0 saturated heterocycles. The van der Waals surface area contributed by atoms with E-state index in [1.807, 2.05) is 0 Å². The van der Waals surface area contributed by atoms with Crippen LogP contribution in [0.25, 0.3) is 0 Å². The molecule has 0 amide bonds. The Kier molecular flexibility index (Phi) is 69.1. The van der Waals surface area contributed by atoms with Crippen LogP contribution in [0.5, 0.6) is 0 Å². The number of hydrogen-bond donors (Lipinski definition) is 3. The number of hydrogen-bond acceptors (Lipinski definition) is 15. The number of aliphatic hydroxyl groups is 1. The van der Waals surface area contributed by atoms with Crippen LogP contribution >= 0.6 is 15.6 Å². The van der Waals surface area contributed by atoms with Crippen LogP contribution < -0.4 is 0 Å². The van der Waals surface area contributed by atoms with Crippen LogP contribution in [0.2, 0.25) is 0 Å². The highest BCUT2D eigenvalue weighted by molar-refractivity contribution is 7.47. The first kappa shape index (κ1) is 95.2. The second kappa shape index (κ2) is 72.5. The van der Waals surface area contributed by atoms with Gasteiger partial charge in [0.05, 0.1) is 26.4 Å². The number of esters is 4. The van der Waals surface area contributed by atoms with E-state index in [2.05, 4.69) is 161 Å². The third-order valence-corrected chi connectivity index (χ3v) is 17.4. The van der Waals surface area contributed by atoms with Crippen molar-refractivity contribution in [1.82, 2.24) is 0 Å². The number of ether oxygens (including phenoxy) is 4. The maximum absolute atomic E-state index is 13.1. The van der Waals surface area contributed by atoms with Crippen molar-refractivity contribution >= 4 is 39.5 Å². The van der Waals surface area contributed by atoms with Crippen molar-refractivity contribution in [3.05, 3.63) is 134 Å². The molecule has 0 aliphatic carbocycles. The van der Waals surface area contributed by atoms with E-state index in [1.54, 1.807) is 0 Å². The fraction of sp³-hybridized carbons (Fsp3) is 0.679. The lowest BCUT2D eigenvalue weighted by molar-refractivity contribution is -0.161. The molecule has 0 aromatic heterocycles. The zero-order valence-corrected chi connectivity index (χ0v) is 64.1. The molecule has 17 nitrogen and oxygen atoms in total. The predicted molar refractivity (Wildman–Crippen MR) is 408 cm³/mol. The molecule has 0 heterocycles. The topological polar surface area (TPSA) is 237 Å². The summed E-state index contributed by atoms with van der Waals surface area (Å²) in [7, 11) is -9.97. The molecule has 0 radical (unpaired) electrons. The average molecular weight is 1440 g/mol. The molecule has 572 valence electrons. The van der Waals surface area contributed by atoms with Crippen LogP contribution in [-0.4, -0.2) is 96.7 Å². The fourth-order valence-corrected chi connectivity index (χ4v) is 11.4. The molecule has 0 spiro atoms. The Balaban J connectivity index is 5.37. The van der Waals surface area contributed by atoms with Crippen LogP contribution in [0, 0.1) is 0 Å². The molecule has 100 heavy (non-hydrogen) atoms. The first-order valence-electron chi connectivity index (χ1n) is 38.4. The van der Waals surface area contributed by atoms with Gasteiger partial charge in [0.2, 0.25) is 0 Å². The van der Waals surface area contributed by atoms with Crippen molar-refractivity contribution in [3.8, 4) is 0 Å². The Hall–Kier alpha value is -4.80. The van der Waals surface area contributed by atoms with Gasteiger partial charge in [0.15, 0.2) is 12.2 Å². The van der Waals surface area contributed by atoms with Crippen LogP contribution in [0.1, 0.15) is 297 Å². The van der Waals surface area contributed by atoms with E-state index >= 15 is 0 Å². The summed E-state index contributed by atoms with van der Waals surface area (Å²) in [6.07, 6.45) is 80.1. The molecule has 0 aromatic carbocycles. The number of unbranched alkanes of at least 4 members (excludes halogenated alkanes) is 23. The Morgan fingerprint density at radius 3 is 0.800 bits per heavy atom. The van der Waals surface area contributed by atoms with Gasteiger partial charge in [-0.05, 0) is 148 Å². The van der Waals surface area contributed by atoms with Crippen LogP contribution in [0.3, 0.4) is 0 Å². The van der Waals surface area contributed by atoms with Gasteiger partial charge in [-0.2, -0.15) is 0 Å². The zero-order chi connectivity index (χ0) is 73.2. The molecular formula is C81H136O17P2. The lowest BCUT2D eigenvalue weighted by Crippen LogP contribution is -2.30. The first-order valence-corrected chi connectivity index (χ1v) is 41.4. The lowest BCUT2D eigenvalue weighted by Gasteiger charge is -2.21. The minimum Gasteiger partial charge on any atom is -0.462 e. The highest BCUT2D eigenvalue weighted by Crippen LogP contribution is 2.45. The van der Waals surface area contributed by atoms with E-state index in [1.165, 1.54) is 0 Å². The van der Waals surface area contributed by atoms with Gasteiger partial charge < -0.3 is 33.8 Å². The Morgan fingerprint density at radius 1 is 0.290 bits per heavy atom. The summed E-state index contributed by atoms with van der Waals surface area (Å²) in [4.78, 5) is 72.9. The summed E-state index contributed by atoms with van der Waals surface area (Å²) in [5, 5.41) is 10.6. The monoisotopic (exact) mass is 1440 g/mol. The summed E-state index contributed by atoms with van der Waals surface area (Å²) >= 11 is 0. The van der Waals surface area contributed by atoms with Crippen LogP contribution in [0.4, 0.5) is 0 Å². The highest BCUT2D eigenvalue weighted by atomic mass is 31.2. The van der Waals surface area contributed by atoms with Crippen molar-refractivity contribution < 1.29 is 80.2 Å². The molecule has 0 aliphatic rings. The molecule has 0 aromatic rings. The molecule has 0 saturated carbocycles. The number of phosphoric ester groups is 2. The van der Waals surface area contributed by atoms with E-state index < -0.39 is 97.5 Å². The molecule has 0 bridgehead atoms. The Labute approximate surface area is 605 Å². The van der Waals surface area contributed by atoms with Crippen molar-refractivity contribution in [2.75, 3.05) is 39.6 Å². The van der Waals surface area contributed by atoms with E-state index in [0.717, 1.165) is 218 Å². The third kappa shape index (κ3) is 71.6. The number of aliphatic hydroxyl groups excluding tert-OH is 1. The van der Waals surface area contributed by atoms with Gasteiger partial charge in [-0.15, -0.1) is 0 Å².